The molecule has 1 aliphatic heterocycles. The first-order valence-electron chi connectivity index (χ1n) is 12.0. The van der Waals surface area contributed by atoms with Gasteiger partial charge in [-0.2, -0.15) is 5.10 Å². The Bertz CT molecular complexity index is 1430. The van der Waals surface area contributed by atoms with Crippen molar-refractivity contribution < 1.29 is 23.0 Å². The monoisotopic (exact) mass is 512 g/mol. The molecule has 0 spiro atoms. The number of rotatable bonds is 6. The lowest BCUT2D eigenvalue weighted by Crippen LogP contribution is -2.39. The Balaban J connectivity index is 1.45. The summed E-state index contributed by atoms with van der Waals surface area (Å²) in [5.41, 5.74) is 0.655. The van der Waals surface area contributed by atoms with Crippen LogP contribution in [0.2, 0.25) is 0 Å². The Hall–Kier alpha value is -3.73. The molecule has 194 valence electrons. The number of pyridine rings is 1. The summed E-state index contributed by atoms with van der Waals surface area (Å²) in [7, 11) is 1.81. The van der Waals surface area contributed by atoms with Gasteiger partial charge in [0.2, 0.25) is 0 Å². The van der Waals surface area contributed by atoms with E-state index in [0.29, 0.717) is 48.5 Å². The summed E-state index contributed by atoms with van der Waals surface area (Å²) in [4.78, 5) is 15.9. The van der Waals surface area contributed by atoms with E-state index in [0.717, 1.165) is 11.6 Å². The predicted octanol–water partition coefficient (Wildman–Crippen LogP) is 4.53. The van der Waals surface area contributed by atoms with Crippen molar-refractivity contribution in [2.45, 2.75) is 44.6 Å². The third-order valence-corrected chi connectivity index (χ3v) is 6.39. The molecule has 0 saturated carbocycles. The number of aryl methyl sites for hydroxylation is 1. The number of aliphatic hydroxyl groups is 1. The van der Waals surface area contributed by atoms with Crippen LogP contribution >= 0.6 is 0 Å². The number of hydrogen-bond donors (Lipinski definition) is 1. The number of aliphatic hydroxyl groups excluding tert-OH is 1. The average molecular weight is 513 g/mol. The zero-order valence-corrected chi connectivity index (χ0v) is 20.7. The second-order valence-electron chi connectivity index (χ2n) is 9.74. The predicted molar refractivity (Wildman–Crippen MR) is 132 cm³/mol. The zero-order valence-electron chi connectivity index (χ0n) is 20.7. The highest BCUT2D eigenvalue weighted by Crippen LogP contribution is 2.34. The van der Waals surface area contributed by atoms with E-state index in [2.05, 4.69) is 15.0 Å². The Kier molecular flexibility index (Phi) is 6.49. The quantitative estimate of drug-likeness (QED) is 0.406. The molecule has 1 saturated heterocycles. The van der Waals surface area contributed by atoms with Crippen LogP contribution in [0.1, 0.15) is 38.5 Å². The molecule has 0 amide bonds. The average Bonchev–Trinajstić information content (AvgIpc) is 3.30. The summed E-state index contributed by atoms with van der Waals surface area (Å²) >= 11 is 0. The molecule has 4 aromatic rings. The van der Waals surface area contributed by atoms with E-state index >= 15 is 0 Å². The first-order valence-corrected chi connectivity index (χ1v) is 12.0. The van der Waals surface area contributed by atoms with E-state index < -0.39 is 23.4 Å². The molecule has 1 aromatic carbocycles. The second-order valence-corrected chi connectivity index (χ2v) is 9.74. The van der Waals surface area contributed by atoms with Crippen LogP contribution < -0.4 is 9.64 Å². The molecule has 37 heavy (non-hydrogen) atoms. The number of hydrogen-bond acceptors (Lipinski definition) is 7. The Morgan fingerprint density at radius 2 is 1.84 bits per heavy atom. The number of nitrogens with zero attached hydrogens (tertiary/aromatic N) is 6. The topological polar surface area (TPSA) is 89.2 Å². The molecule has 3 aromatic heterocycles. The minimum Gasteiger partial charge on any atom is -0.487 e. The number of halogens is 3. The minimum atomic E-state index is -1.88. The fraction of sp³-hybridized carbons (Fsp3) is 0.385. The fourth-order valence-electron chi connectivity index (χ4n) is 4.36. The molecule has 1 fully saturated rings. The van der Waals surface area contributed by atoms with Crippen LogP contribution in [0.3, 0.4) is 0 Å². The number of anilines is 1. The highest BCUT2D eigenvalue weighted by Gasteiger charge is 2.31. The first-order chi connectivity index (χ1) is 17.6. The van der Waals surface area contributed by atoms with Gasteiger partial charge in [-0.25, -0.2) is 23.1 Å². The molecule has 11 heteroatoms. The van der Waals surface area contributed by atoms with E-state index in [1.54, 1.807) is 16.9 Å². The van der Waals surface area contributed by atoms with Crippen molar-refractivity contribution in [1.82, 2.24) is 24.7 Å². The van der Waals surface area contributed by atoms with Crippen LogP contribution in [-0.2, 0) is 7.05 Å². The van der Waals surface area contributed by atoms with E-state index in [4.69, 9.17) is 14.7 Å². The number of benzene rings is 1. The van der Waals surface area contributed by atoms with Crippen LogP contribution in [-0.4, -0.2) is 54.7 Å². The highest BCUT2D eigenvalue weighted by atomic mass is 19.1. The van der Waals surface area contributed by atoms with Crippen molar-refractivity contribution in [3.05, 3.63) is 60.2 Å². The van der Waals surface area contributed by atoms with Crippen LogP contribution in [0.5, 0.6) is 5.75 Å². The van der Waals surface area contributed by atoms with Gasteiger partial charge in [0.15, 0.2) is 17.4 Å². The largest absolute Gasteiger partial charge is 0.487 e. The SMILES string of the molecule is Cn1cc(-c2nc3cnc([C@H](O)C(C)(C)F)cc3nc2N2CCC(Oc3ccc(F)cc3F)CC2)cn1. The Morgan fingerprint density at radius 1 is 1.08 bits per heavy atom. The third-order valence-electron chi connectivity index (χ3n) is 6.39. The van der Waals surface area contributed by atoms with Crippen molar-refractivity contribution in [1.29, 1.82) is 0 Å². The summed E-state index contributed by atoms with van der Waals surface area (Å²) in [6.45, 7) is 3.68. The molecule has 4 heterocycles. The van der Waals surface area contributed by atoms with Crippen molar-refractivity contribution in [3.8, 4) is 17.0 Å². The van der Waals surface area contributed by atoms with Gasteiger partial charge in [0.25, 0.3) is 0 Å². The van der Waals surface area contributed by atoms with Gasteiger partial charge in [-0.1, -0.05) is 0 Å². The number of ether oxygens (including phenoxy) is 1. The minimum absolute atomic E-state index is 0.0239. The van der Waals surface area contributed by atoms with E-state index in [1.807, 2.05) is 13.2 Å². The normalized spacial score (nSPS) is 15.8. The number of aromatic nitrogens is 5. The van der Waals surface area contributed by atoms with E-state index in [-0.39, 0.29) is 17.5 Å². The van der Waals surface area contributed by atoms with Gasteiger partial charge in [0.05, 0.1) is 23.6 Å². The molecule has 8 nitrogen and oxygen atoms in total. The maximum absolute atomic E-state index is 14.4. The Labute approximate surface area is 211 Å². The van der Waals surface area contributed by atoms with Crippen molar-refractivity contribution in [3.63, 3.8) is 0 Å². The Morgan fingerprint density at radius 3 is 2.49 bits per heavy atom. The summed E-state index contributed by atoms with van der Waals surface area (Å²) in [5.74, 6) is -0.753. The molecule has 5 rings (SSSR count). The molecule has 1 atom stereocenters. The van der Waals surface area contributed by atoms with Gasteiger partial charge < -0.3 is 14.7 Å². The van der Waals surface area contributed by atoms with Gasteiger partial charge in [-0.3, -0.25) is 9.67 Å². The van der Waals surface area contributed by atoms with Gasteiger partial charge in [0, 0.05) is 50.8 Å². The molecule has 0 unspecified atom stereocenters. The maximum atomic E-state index is 14.4. The molecule has 0 bridgehead atoms. The summed E-state index contributed by atoms with van der Waals surface area (Å²) in [6, 6.07) is 4.82. The molecule has 1 aliphatic rings. The molecule has 1 N–H and O–H groups in total. The smallest absolute Gasteiger partial charge is 0.167 e. The van der Waals surface area contributed by atoms with Crippen molar-refractivity contribution in [2.75, 3.05) is 18.0 Å². The van der Waals surface area contributed by atoms with Gasteiger partial charge in [-0.15, -0.1) is 0 Å². The molecular formula is C26H27F3N6O2. The highest BCUT2D eigenvalue weighted by molar-refractivity contribution is 5.83. The third kappa shape index (κ3) is 5.22. The van der Waals surface area contributed by atoms with Crippen LogP contribution in [0.25, 0.3) is 22.3 Å². The number of fused-ring (bicyclic) bond motifs is 1. The summed E-state index contributed by atoms with van der Waals surface area (Å²) in [5, 5.41) is 14.6. The molecular weight excluding hydrogens is 485 g/mol. The second kappa shape index (κ2) is 9.62. The van der Waals surface area contributed by atoms with Gasteiger partial charge >= 0.3 is 0 Å². The van der Waals surface area contributed by atoms with Gasteiger partial charge in [0.1, 0.15) is 34.9 Å². The van der Waals surface area contributed by atoms with Crippen LogP contribution in [0.4, 0.5) is 19.0 Å². The standard InChI is InChI=1S/C26H27F3N6O2/c1-26(2,29)24(36)20-11-19-21(13-30-20)32-23(15-12-31-34(3)14-15)25(33-19)35-8-6-17(7-9-35)37-22-5-4-16(27)10-18(22)28/h4-5,10-14,17,24,36H,6-9H2,1-3H3/t24-/m0/s1. The number of alkyl halides is 1. The lowest BCUT2D eigenvalue weighted by atomic mass is 10.0. The lowest BCUT2D eigenvalue weighted by Gasteiger charge is -2.33. The van der Waals surface area contributed by atoms with Crippen LogP contribution in [0.15, 0.2) is 42.9 Å². The van der Waals surface area contributed by atoms with E-state index in [9.17, 15) is 18.3 Å². The summed E-state index contributed by atoms with van der Waals surface area (Å²) < 4.78 is 49.1. The lowest BCUT2D eigenvalue weighted by molar-refractivity contribution is 0.0134. The van der Waals surface area contributed by atoms with Crippen LogP contribution in [0, 0.1) is 11.6 Å². The zero-order chi connectivity index (χ0) is 26.3. The molecule has 0 aliphatic carbocycles. The van der Waals surface area contributed by atoms with Gasteiger partial charge in [-0.05, 0) is 32.0 Å². The maximum Gasteiger partial charge on any atom is 0.167 e. The summed E-state index contributed by atoms with van der Waals surface area (Å²) in [6.07, 6.45) is 4.52. The molecule has 0 radical (unpaired) electrons. The number of piperidine rings is 1. The van der Waals surface area contributed by atoms with Crippen molar-refractivity contribution in [2.24, 2.45) is 7.05 Å². The first kappa shape index (κ1) is 24.9. The fourth-order valence-corrected chi connectivity index (χ4v) is 4.36. The van der Waals surface area contributed by atoms with Crippen molar-refractivity contribution >= 4 is 16.9 Å². The van der Waals surface area contributed by atoms with E-state index in [1.165, 1.54) is 32.2 Å².